The lowest BCUT2D eigenvalue weighted by molar-refractivity contribution is -0.156. The van der Waals surface area contributed by atoms with Gasteiger partial charge in [-0.25, -0.2) is 0 Å². The molecule has 0 amide bonds. The Balaban J connectivity index is 2.22. The second-order valence-corrected chi connectivity index (χ2v) is 3.56. The molecular weight excluding hydrogens is 160 g/mol. The van der Waals surface area contributed by atoms with Crippen LogP contribution < -0.4 is 0 Å². The molecule has 3 atom stereocenters. The average molecular weight is 172 g/mol. The molecule has 68 valence electrons. The predicted octanol–water partition coefficient (Wildman–Crippen LogP) is -0.770. The molecule has 4 nitrogen and oxygen atoms in total. The molecule has 1 saturated heterocycles. The lowest BCUT2D eigenvalue weighted by Gasteiger charge is -2.36. The fourth-order valence-corrected chi connectivity index (χ4v) is 1.97. The van der Waals surface area contributed by atoms with Gasteiger partial charge < -0.3 is 14.9 Å². The van der Waals surface area contributed by atoms with Crippen LogP contribution in [-0.2, 0) is 9.53 Å². The van der Waals surface area contributed by atoms with Crippen LogP contribution in [0.1, 0.15) is 19.3 Å². The average Bonchev–Trinajstić information content (AvgIpc) is 2.33. The molecule has 1 aliphatic heterocycles. The minimum absolute atomic E-state index is 0.0286. The second-order valence-electron chi connectivity index (χ2n) is 3.56. The van der Waals surface area contributed by atoms with E-state index in [9.17, 15) is 15.0 Å². The van der Waals surface area contributed by atoms with Gasteiger partial charge in [0.05, 0.1) is 18.8 Å². The van der Waals surface area contributed by atoms with Crippen molar-refractivity contribution in [1.82, 2.24) is 0 Å². The molecule has 12 heavy (non-hydrogen) atoms. The highest BCUT2D eigenvalue weighted by atomic mass is 16.5. The van der Waals surface area contributed by atoms with Gasteiger partial charge in [-0.05, 0) is 0 Å². The summed E-state index contributed by atoms with van der Waals surface area (Å²) >= 11 is 0. The molecule has 2 aliphatic rings. The zero-order valence-electron chi connectivity index (χ0n) is 6.69. The number of ketones is 1. The number of hydrogen-bond acceptors (Lipinski definition) is 4. The van der Waals surface area contributed by atoms with Crippen LogP contribution in [0.2, 0.25) is 0 Å². The smallest absolute Gasteiger partial charge is 0.138 e. The summed E-state index contributed by atoms with van der Waals surface area (Å²) in [5.41, 5.74) is -1.16. The number of aliphatic hydroxyl groups is 2. The van der Waals surface area contributed by atoms with Crippen LogP contribution >= 0.6 is 0 Å². The number of Topliss-reactive ketones (excluding diaryl/α,β-unsaturated/α-hetero) is 1. The highest BCUT2D eigenvalue weighted by molar-refractivity contribution is 5.81. The highest BCUT2D eigenvalue weighted by Crippen LogP contribution is 2.36. The van der Waals surface area contributed by atoms with E-state index in [0.29, 0.717) is 13.0 Å². The third kappa shape index (κ3) is 0.990. The number of carbonyl (C=O) groups is 1. The number of rotatable bonds is 0. The van der Waals surface area contributed by atoms with Crippen LogP contribution in [0.15, 0.2) is 0 Å². The lowest BCUT2D eigenvalue weighted by atomic mass is 9.79. The number of hydrogen-bond donors (Lipinski definition) is 2. The topological polar surface area (TPSA) is 66.8 Å². The second kappa shape index (κ2) is 2.52. The third-order valence-corrected chi connectivity index (χ3v) is 2.79. The summed E-state index contributed by atoms with van der Waals surface area (Å²) in [5.74, 6) is -0.0286. The lowest BCUT2D eigenvalue weighted by Crippen LogP contribution is -2.54. The molecule has 0 radical (unpaired) electrons. The fraction of sp³-hybridized carbons (Fsp3) is 0.875. The number of aliphatic hydroxyl groups excluding tert-OH is 1. The number of carbonyl (C=O) groups excluding carboxylic acids is 1. The van der Waals surface area contributed by atoms with Crippen LogP contribution in [0.25, 0.3) is 0 Å². The number of fused-ring (bicyclic) bond motifs is 1. The van der Waals surface area contributed by atoms with Gasteiger partial charge in [0.1, 0.15) is 11.4 Å². The molecule has 1 saturated carbocycles. The normalized spacial score (nSPS) is 47.7. The Morgan fingerprint density at radius 3 is 3.00 bits per heavy atom. The summed E-state index contributed by atoms with van der Waals surface area (Å²) in [6.45, 7) is 0.436. The molecule has 0 aromatic carbocycles. The Morgan fingerprint density at radius 1 is 1.50 bits per heavy atom. The molecule has 0 spiro atoms. The molecule has 1 aliphatic carbocycles. The van der Waals surface area contributed by atoms with Crippen LogP contribution in [0.3, 0.4) is 0 Å². The summed E-state index contributed by atoms with van der Waals surface area (Å²) < 4.78 is 5.17. The molecule has 2 fully saturated rings. The highest BCUT2D eigenvalue weighted by Gasteiger charge is 2.52. The Kier molecular flexibility index (Phi) is 1.71. The van der Waals surface area contributed by atoms with Gasteiger partial charge in [0.2, 0.25) is 0 Å². The molecule has 1 heterocycles. The van der Waals surface area contributed by atoms with Gasteiger partial charge in [-0.3, -0.25) is 4.79 Å². The minimum atomic E-state index is -1.16. The molecule has 4 heteroatoms. The summed E-state index contributed by atoms with van der Waals surface area (Å²) in [6.07, 6.45) is -0.671. The maximum absolute atomic E-state index is 11.0. The van der Waals surface area contributed by atoms with Crippen molar-refractivity contribution in [3.05, 3.63) is 0 Å². The summed E-state index contributed by atoms with van der Waals surface area (Å²) in [5, 5.41) is 19.3. The first-order chi connectivity index (χ1) is 5.63. The van der Waals surface area contributed by atoms with E-state index in [2.05, 4.69) is 0 Å². The van der Waals surface area contributed by atoms with Crippen molar-refractivity contribution in [2.45, 2.75) is 37.1 Å². The van der Waals surface area contributed by atoms with Crippen molar-refractivity contribution >= 4 is 5.78 Å². The first-order valence-electron chi connectivity index (χ1n) is 4.16. The van der Waals surface area contributed by atoms with Gasteiger partial charge in [0, 0.05) is 19.3 Å². The van der Waals surface area contributed by atoms with E-state index < -0.39 is 17.8 Å². The minimum Gasteiger partial charge on any atom is -0.390 e. The van der Waals surface area contributed by atoms with Gasteiger partial charge in [-0.1, -0.05) is 0 Å². The van der Waals surface area contributed by atoms with Crippen LogP contribution in [-0.4, -0.2) is 40.4 Å². The Morgan fingerprint density at radius 2 is 2.25 bits per heavy atom. The van der Waals surface area contributed by atoms with Crippen LogP contribution in [0, 0.1) is 0 Å². The van der Waals surface area contributed by atoms with Gasteiger partial charge in [-0.2, -0.15) is 0 Å². The van der Waals surface area contributed by atoms with E-state index in [1.165, 1.54) is 0 Å². The monoisotopic (exact) mass is 172 g/mol. The maximum Gasteiger partial charge on any atom is 0.138 e. The van der Waals surface area contributed by atoms with E-state index >= 15 is 0 Å². The molecule has 2 rings (SSSR count). The van der Waals surface area contributed by atoms with Crippen LogP contribution in [0.4, 0.5) is 0 Å². The fourth-order valence-electron chi connectivity index (χ4n) is 1.97. The van der Waals surface area contributed by atoms with Gasteiger partial charge in [-0.15, -0.1) is 0 Å². The quantitative estimate of drug-likeness (QED) is 0.503. The first-order valence-corrected chi connectivity index (χ1v) is 4.16. The largest absolute Gasteiger partial charge is 0.390 e. The van der Waals surface area contributed by atoms with E-state index in [4.69, 9.17) is 4.74 Å². The van der Waals surface area contributed by atoms with Crippen molar-refractivity contribution in [2.75, 3.05) is 6.61 Å². The zero-order valence-corrected chi connectivity index (χ0v) is 6.69. The van der Waals surface area contributed by atoms with Crippen molar-refractivity contribution in [2.24, 2.45) is 0 Å². The molecular formula is C8H12O4. The van der Waals surface area contributed by atoms with E-state index in [0.717, 1.165) is 0 Å². The zero-order chi connectivity index (χ0) is 8.77. The van der Waals surface area contributed by atoms with E-state index in [1.54, 1.807) is 0 Å². The molecule has 0 aromatic heterocycles. The summed E-state index contributed by atoms with van der Waals surface area (Å²) in [4.78, 5) is 11.0. The summed E-state index contributed by atoms with van der Waals surface area (Å²) in [7, 11) is 0. The third-order valence-electron chi connectivity index (χ3n) is 2.79. The van der Waals surface area contributed by atoms with Crippen molar-refractivity contribution in [1.29, 1.82) is 0 Å². The van der Waals surface area contributed by atoms with E-state index in [1.807, 2.05) is 0 Å². The Hall–Kier alpha value is -0.450. The molecule has 0 bridgehead atoms. The Bertz CT molecular complexity index is 215. The Labute approximate surface area is 70.1 Å². The first kappa shape index (κ1) is 8.16. The van der Waals surface area contributed by atoms with Crippen molar-refractivity contribution in [3.63, 3.8) is 0 Å². The van der Waals surface area contributed by atoms with Gasteiger partial charge in [0.25, 0.3) is 0 Å². The van der Waals surface area contributed by atoms with Crippen LogP contribution in [0.5, 0.6) is 0 Å². The van der Waals surface area contributed by atoms with E-state index in [-0.39, 0.29) is 18.6 Å². The standard InChI is InChI=1S/C8H12O4/c9-5-3-6(10)8(11)1-2-12-7(8)4-5/h6-7,10-11H,1-4H2. The molecule has 2 N–H and O–H groups in total. The summed E-state index contributed by atoms with van der Waals surface area (Å²) in [6, 6.07) is 0. The van der Waals surface area contributed by atoms with Crippen molar-refractivity contribution in [3.8, 4) is 0 Å². The van der Waals surface area contributed by atoms with Gasteiger partial charge >= 0.3 is 0 Å². The predicted molar refractivity (Wildman–Crippen MR) is 39.6 cm³/mol. The van der Waals surface area contributed by atoms with Gasteiger partial charge in [0.15, 0.2) is 0 Å². The SMILES string of the molecule is O=C1CC(O)C2(O)CCOC2C1. The molecule has 0 aromatic rings. The molecule has 3 unspecified atom stereocenters. The number of ether oxygens (including phenoxy) is 1. The maximum atomic E-state index is 11.0. The van der Waals surface area contributed by atoms with Crippen molar-refractivity contribution < 1.29 is 19.7 Å².